The Hall–Kier alpha value is -0.410. The van der Waals surface area contributed by atoms with Gasteiger partial charge in [-0.2, -0.15) is 0 Å². The molecule has 1 atom stereocenters. The molecular formula is C7H15NO2. The molecule has 0 aliphatic rings. The third kappa shape index (κ3) is 2.94. The van der Waals surface area contributed by atoms with Crippen molar-refractivity contribution in [2.45, 2.75) is 19.9 Å². The van der Waals surface area contributed by atoms with E-state index in [4.69, 9.17) is 10.5 Å². The SMILES string of the molecule is COC[C@H](N)C(=O)C(C)C. The van der Waals surface area contributed by atoms with E-state index >= 15 is 0 Å². The third-order valence-corrected chi connectivity index (χ3v) is 1.28. The fourth-order valence-electron chi connectivity index (χ4n) is 0.690. The summed E-state index contributed by atoms with van der Waals surface area (Å²) in [5.74, 6) is 0.0620. The average Bonchev–Trinajstić information content (AvgIpc) is 1.87. The number of hydrogen-bond acceptors (Lipinski definition) is 3. The molecule has 0 bridgehead atoms. The predicted molar refractivity (Wildman–Crippen MR) is 39.7 cm³/mol. The molecule has 2 N–H and O–H groups in total. The number of nitrogens with two attached hydrogens (primary N) is 1. The van der Waals surface area contributed by atoms with Crippen molar-refractivity contribution in [2.24, 2.45) is 11.7 Å². The van der Waals surface area contributed by atoms with E-state index in [0.29, 0.717) is 6.61 Å². The molecule has 0 fully saturated rings. The second-order valence-corrected chi connectivity index (χ2v) is 2.62. The van der Waals surface area contributed by atoms with Gasteiger partial charge in [-0.25, -0.2) is 0 Å². The van der Waals surface area contributed by atoms with Gasteiger partial charge in [-0.3, -0.25) is 4.79 Å². The van der Waals surface area contributed by atoms with Crippen molar-refractivity contribution < 1.29 is 9.53 Å². The van der Waals surface area contributed by atoms with Gasteiger partial charge in [0.05, 0.1) is 12.6 Å². The Labute approximate surface area is 61.5 Å². The van der Waals surface area contributed by atoms with Crippen LogP contribution in [0.3, 0.4) is 0 Å². The van der Waals surface area contributed by atoms with Gasteiger partial charge in [-0.15, -0.1) is 0 Å². The van der Waals surface area contributed by atoms with E-state index in [1.54, 1.807) is 0 Å². The summed E-state index contributed by atoms with van der Waals surface area (Å²) in [4.78, 5) is 11.0. The summed E-state index contributed by atoms with van der Waals surface area (Å²) < 4.78 is 4.73. The van der Waals surface area contributed by atoms with Crippen LogP contribution < -0.4 is 5.73 Å². The van der Waals surface area contributed by atoms with Crippen molar-refractivity contribution in [3.8, 4) is 0 Å². The summed E-state index contributed by atoms with van der Waals surface area (Å²) in [6.45, 7) is 3.98. The number of carbonyl (C=O) groups is 1. The monoisotopic (exact) mass is 145 g/mol. The highest BCUT2D eigenvalue weighted by molar-refractivity contribution is 5.85. The average molecular weight is 145 g/mol. The number of carbonyl (C=O) groups excluding carboxylic acids is 1. The van der Waals surface area contributed by atoms with Crippen LogP contribution in [0.25, 0.3) is 0 Å². The zero-order valence-electron chi connectivity index (χ0n) is 6.76. The van der Waals surface area contributed by atoms with Gasteiger partial charge in [0.15, 0.2) is 5.78 Å². The quantitative estimate of drug-likeness (QED) is 0.614. The van der Waals surface area contributed by atoms with Gasteiger partial charge in [0.2, 0.25) is 0 Å². The normalized spacial score (nSPS) is 13.7. The molecular weight excluding hydrogens is 130 g/mol. The molecule has 0 aliphatic heterocycles. The van der Waals surface area contributed by atoms with Gasteiger partial charge >= 0.3 is 0 Å². The summed E-state index contributed by atoms with van der Waals surface area (Å²) >= 11 is 0. The molecule has 0 aromatic heterocycles. The summed E-state index contributed by atoms with van der Waals surface area (Å²) in [7, 11) is 1.54. The smallest absolute Gasteiger partial charge is 0.154 e. The lowest BCUT2D eigenvalue weighted by atomic mass is 10.0. The molecule has 0 amide bonds. The maximum atomic E-state index is 11.0. The lowest BCUT2D eigenvalue weighted by Crippen LogP contribution is -2.37. The Morgan fingerprint density at radius 2 is 2.10 bits per heavy atom. The van der Waals surface area contributed by atoms with Crippen LogP contribution in [-0.4, -0.2) is 25.5 Å². The third-order valence-electron chi connectivity index (χ3n) is 1.28. The first-order chi connectivity index (χ1) is 4.59. The van der Waals surface area contributed by atoms with Gasteiger partial charge in [0.1, 0.15) is 0 Å². The van der Waals surface area contributed by atoms with Crippen LogP contribution in [-0.2, 0) is 9.53 Å². The van der Waals surface area contributed by atoms with Crippen LogP contribution >= 0.6 is 0 Å². The van der Waals surface area contributed by atoms with Gasteiger partial charge in [-0.05, 0) is 0 Å². The molecule has 3 heteroatoms. The van der Waals surface area contributed by atoms with E-state index in [2.05, 4.69) is 0 Å². The molecule has 0 heterocycles. The molecule has 60 valence electrons. The fraction of sp³-hybridized carbons (Fsp3) is 0.857. The minimum Gasteiger partial charge on any atom is -0.383 e. The lowest BCUT2D eigenvalue weighted by Gasteiger charge is -2.10. The predicted octanol–water partition coefficient (Wildman–Crippen LogP) is 0.185. The van der Waals surface area contributed by atoms with Crippen molar-refractivity contribution in [3.05, 3.63) is 0 Å². The Kier molecular flexibility index (Phi) is 4.23. The van der Waals surface area contributed by atoms with Gasteiger partial charge in [0.25, 0.3) is 0 Å². The van der Waals surface area contributed by atoms with Crippen LogP contribution in [0.4, 0.5) is 0 Å². The number of ketones is 1. The first kappa shape index (κ1) is 9.59. The Morgan fingerprint density at radius 3 is 2.40 bits per heavy atom. The van der Waals surface area contributed by atoms with E-state index in [0.717, 1.165) is 0 Å². The number of rotatable bonds is 4. The molecule has 0 aromatic rings. The maximum absolute atomic E-state index is 11.0. The molecule has 3 nitrogen and oxygen atoms in total. The first-order valence-corrected chi connectivity index (χ1v) is 3.37. The Bertz CT molecular complexity index is 112. The van der Waals surface area contributed by atoms with Crippen LogP contribution in [0.15, 0.2) is 0 Å². The highest BCUT2D eigenvalue weighted by Gasteiger charge is 2.15. The minimum atomic E-state index is -0.454. The molecule has 0 radical (unpaired) electrons. The second kappa shape index (κ2) is 4.41. The molecule has 0 saturated carbocycles. The van der Waals surface area contributed by atoms with Crippen LogP contribution in [0.5, 0.6) is 0 Å². The summed E-state index contributed by atoms with van der Waals surface area (Å²) in [5.41, 5.74) is 5.45. The van der Waals surface area contributed by atoms with Crippen molar-refractivity contribution in [1.29, 1.82) is 0 Å². The van der Waals surface area contributed by atoms with Crippen molar-refractivity contribution in [1.82, 2.24) is 0 Å². The van der Waals surface area contributed by atoms with Crippen molar-refractivity contribution >= 4 is 5.78 Å². The number of ether oxygens (including phenoxy) is 1. The van der Waals surface area contributed by atoms with Crippen LogP contribution in [0.2, 0.25) is 0 Å². The summed E-state index contributed by atoms with van der Waals surface area (Å²) in [6, 6.07) is -0.454. The topological polar surface area (TPSA) is 52.3 Å². The highest BCUT2D eigenvalue weighted by atomic mass is 16.5. The van der Waals surface area contributed by atoms with E-state index in [-0.39, 0.29) is 11.7 Å². The number of hydrogen-bond donors (Lipinski definition) is 1. The number of methoxy groups -OCH3 is 1. The molecule has 10 heavy (non-hydrogen) atoms. The second-order valence-electron chi connectivity index (χ2n) is 2.62. The Balaban J connectivity index is 3.71. The van der Waals surface area contributed by atoms with E-state index in [9.17, 15) is 4.79 Å². The molecule has 0 saturated heterocycles. The molecule has 0 aromatic carbocycles. The summed E-state index contributed by atoms with van der Waals surface area (Å²) in [5, 5.41) is 0. The van der Waals surface area contributed by atoms with Crippen LogP contribution in [0.1, 0.15) is 13.8 Å². The van der Waals surface area contributed by atoms with Gasteiger partial charge < -0.3 is 10.5 Å². The van der Waals surface area contributed by atoms with Crippen molar-refractivity contribution in [2.75, 3.05) is 13.7 Å². The highest BCUT2D eigenvalue weighted by Crippen LogP contribution is 1.97. The maximum Gasteiger partial charge on any atom is 0.154 e. The first-order valence-electron chi connectivity index (χ1n) is 3.37. The van der Waals surface area contributed by atoms with E-state index in [1.165, 1.54) is 7.11 Å². The number of Topliss-reactive ketones (excluding diaryl/α,β-unsaturated/α-hetero) is 1. The van der Waals surface area contributed by atoms with E-state index < -0.39 is 6.04 Å². The van der Waals surface area contributed by atoms with E-state index in [1.807, 2.05) is 13.8 Å². The zero-order chi connectivity index (χ0) is 8.15. The zero-order valence-corrected chi connectivity index (χ0v) is 6.76. The van der Waals surface area contributed by atoms with Crippen LogP contribution in [0, 0.1) is 5.92 Å². The minimum absolute atomic E-state index is 0.00477. The van der Waals surface area contributed by atoms with Gasteiger partial charge in [0, 0.05) is 13.0 Å². The molecule has 0 unspecified atom stereocenters. The summed E-state index contributed by atoms with van der Waals surface area (Å²) in [6.07, 6.45) is 0. The van der Waals surface area contributed by atoms with Gasteiger partial charge in [-0.1, -0.05) is 13.8 Å². The molecule has 0 spiro atoms. The van der Waals surface area contributed by atoms with Crippen molar-refractivity contribution in [3.63, 3.8) is 0 Å². The fourth-order valence-corrected chi connectivity index (χ4v) is 0.690. The lowest BCUT2D eigenvalue weighted by molar-refractivity contribution is -0.124. The molecule has 0 rings (SSSR count). The Morgan fingerprint density at radius 1 is 1.60 bits per heavy atom. The molecule has 0 aliphatic carbocycles. The standard InChI is InChI=1S/C7H15NO2/c1-5(2)7(9)6(8)4-10-3/h5-6H,4,8H2,1-3H3/t6-/m0/s1. The largest absolute Gasteiger partial charge is 0.383 e.